The van der Waals surface area contributed by atoms with Crippen molar-refractivity contribution in [3.8, 4) is 5.19 Å². The Balaban J connectivity index is 1.93. The molecule has 1 saturated carbocycles. The Bertz CT molecular complexity index is 346. The van der Waals surface area contributed by atoms with Crippen LogP contribution in [0.5, 0.6) is 5.19 Å². The molecule has 0 radical (unpaired) electrons. The van der Waals surface area contributed by atoms with Gasteiger partial charge in [-0.1, -0.05) is 11.3 Å². The fourth-order valence-electron chi connectivity index (χ4n) is 1.24. The molecule has 2 rings (SSSR count). The summed E-state index contributed by atoms with van der Waals surface area (Å²) >= 11 is 1.25. The molecule has 1 aliphatic carbocycles. The smallest absolute Gasteiger partial charge is 0.350 e. The van der Waals surface area contributed by atoms with Gasteiger partial charge >= 0.3 is 5.97 Å². The maximum atomic E-state index is 11.3. The molecule has 0 spiro atoms. The van der Waals surface area contributed by atoms with Crippen LogP contribution < -0.4 is 4.74 Å². The summed E-state index contributed by atoms with van der Waals surface area (Å²) in [7, 11) is 0. The van der Waals surface area contributed by atoms with Gasteiger partial charge < -0.3 is 9.47 Å². The van der Waals surface area contributed by atoms with Crippen LogP contribution in [0.4, 0.5) is 0 Å². The first-order chi connectivity index (χ1) is 7.29. The third-order valence-corrected chi connectivity index (χ3v) is 3.15. The zero-order valence-corrected chi connectivity index (χ0v) is 9.38. The summed E-state index contributed by atoms with van der Waals surface area (Å²) in [4.78, 5) is 15.9. The van der Waals surface area contributed by atoms with Gasteiger partial charge in [0.25, 0.3) is 5.19 Å². The summed E-state index contributed by atoms with van der Waals surface area (Å²) in [6.07, 6.45) is 5.21. The van der Waals surface area contributed by atoms with Crippen molar-refractivity contribution in [3.63, 3.8) is 0 Å². The molecule has 1 fully saturated rings. The lowest BCUT2D eigenvalue weighted by molar-refractivity contribution is 0.0532. The Morgan fingerprint density at radius 1 is 1.67 bits per heavy atom. The summed E-state index contributed by atoms with van der Waals surface area (Å²) in [5.74, 6) is -0.321. The predicted molar refractivity (Wildman–Crippen MR) is 56.3 cm³/mol. The van der Waals surface area contributed by atoms with E-state index in [1.54, 1.807) is 6.92 Å². The molecule has 82 valence electrons. The molecule has 0 bridgehead atoms. The number of thiazole rings is 1. The molecule has 0 amide bonds. The van der Waals surface area contributed by atoms with Crippen molar-refractivity contribution in [1.82, 2.24) is 4.98 Å². The minimum absolute atomic E-state index is 0.297. The largest absolute Gasteiger partial charge is 0.467 e. The standard InChI is InChI=1S/C10H13NO3S/c1-2-13-9(12)8-6-11-10(15-8)14-7-4-3-5-7/h6-7H,2-5H2,1H3. The van der Waals surface area contributed by atoms with Crippen LogP contribution in [-0.4, -0.2) is 23.7 Å². The van der Waals surface area contributed by atoms with Gasteiger partial charge in [-0.25, -0.2) is 9.78 Å². The molecule has 0 N–H and O–H groups in total. The quantitative estimate of drug-likeness (QED) is 0.740. The molecule has 5 heteroatoms. The van der Waals surface area contributed by atoms with Gasteiger partial charge in [0.05, 0.1) is 12.8 Å². The highest BCUT2D eigenvalue weighted by atomic mass is 32.1. The SMILES string of the molecule is CCOC(=O)c1cnc(OC2CCC2)s1. The number of rotatable bonds is 4. The van der Waals surface area contributed by atoms with Crippen molar-refractivity contribution in [1.29, 1.82) is 0 Å². The van der Waals surface area contributed by atoms with Crippen LogP contribution in [0.25, 0.3) is 0 Å². The molecular weight excluding hydrogens is 214 g/mol. The van der Waals surface area contributed by atoms with Gasteiger partial charge in [-0.15, -0.1) is 0 Å². The Morgan fingerprint density at radius 2 is 2.47 bits per heavy atom. The van der Waals surface area contributed by atoms with Crippen LogP contribution >= 0.6 is 11.3 Å². The molecule has 0 saturated heterocycles. The van der Waals surface area contributed by atoms with E-state index in [2.05, 4.69) is 4.98 Å². The molecular formula is C10H13NO3S. The molecule has 0 unspecified atom stereocenters. The molecule has 0 aliphatic heterocycles. The monoisotopic (exact) mass is 227 g/mol. The summed E-state index contributed by atoms with van der Waals surface area (Å²) in [5, 5.41) is 0.572. The van der Waals surface area contributed by atoms with Crippen molar-refractivity contribution in [2.24, 2.45) is 0 Å². The lowest BCUT2D eigenvalue weighted by Gasteiger charge is -2.24. The van der Waals surface area contributed by atoms with Gasteiger partial charge in [0.1, 0.15) is 11.0 Å². The number of carbonyl (C=O) groups excluding carboxylic acids is 1. The van der Waals surface area contributed by atoms with E-state index in [1.807, 2.05) is 0 Å². The highest BCUT2D eigenvalue weighted by Crippen LogP contribution is 2.28. The first-order valence-electron chi connectivity index (χ1n) is 5.09. The van der Waals surface area contributed by atoms with E-state index in [0.717, 1.165) is 12.8 Å². The number of aromatic nitrogens is 1. The van der Waals surface area contributed by atoms with Crippen LogP contribution in [0.15, 0.2) is 6.20 Å². The zero-order chi connectivity index (χ0) is 10.7. The first-order valence-corrected chi connectivity index (χ1v) is 5.91. The van der Waals surface area contributed by atoms with Gasteiger partial charge in [-0.2, -0.15) is 0 Å². The summed E-state index contributed by atoms with van der Waals surface area (Å²) in [6, 6.07) is 0. The Hall–Kier alpha value is -1.10. The molecule has 1 aromatic heterocycles. The molecule has 0 aromatic carbocycles. The summed E-state index contributed by atoms with van der Waals surface area (Å²) in [6.45, 7) is 2.17. The lowest BCUT2D eigenvalue weighted by Crippen LogP contribution is -2.24. The topological polar surface area (TPSA) is 48.4 Å². The third kappa shape index (κ3) is 2.47. The lowest BCUT2D eigenvalue weighted by atomic mass is 9.96. The van der Waals surface area contributed by atoms with E-state index in [0.29, 0.717) is 22.8 Å². The highest BCUT2D eigenvalue weighted by Gasteiger charge is 2.21. The maximum Gasteiger partial charge on any atom is 0.350 e. The number of hydrogen-bond donors (Lipinski definition) is 0. The molecule has 15 heavy (non-hydrogen) atoms. The van der Waals surface area contributed by atoms with Gasteiger partial charge in [-0.3, -0.25) is 0 Å². The normalized spacial score (nSPS) is 15.8. The maximum absolute atomic E-state index is 11.3. The number of ether oxygens (including phenoxy) is 2. The molecule has 1 aromatic rings. The van der Waals surface area contributed by atoms with Crippen molar-refractivity contribution < 1.29 is 14.3 Å². The van der Waals surface area contributed by atoms with Gasteiger partial charge in [0.2, 0.25) is 0 Å². The highest BCUT2D eigenvalue weighted by molar-refractivity contribution is 7.15. The van der Waals surface area contributed by atoms with Crippen LogP contribution in [0.3, 0.4) is 0 Å². The molecule has 1 aliphatic rings. The third-order valence-electron chi connectivity index (χ3n) is 2.28. The van der Waals surface area contributed by atoms with E-state index < -0.39 is 0 Å². The average molecular weight is 227 g/mol. The van der Waals surface area contributed by atoms with E-state index in [-0.39, 0.29) is 5.97 Å². The van der Waals surface area contributed by atoms with Gasteiger partial charge in [0, 0.05) is 0 Å². The number of hydrogen-bond acceptors (Lipinski definition) is 5. The van der Waals surface area contributed by atoms with Crippen molar-refractivity contribution in [2.45, 2.75) is 32.3 Å². The second kappa shape index (κ2) is 4.61. The van der Waals surface area contributed by atoms with E-state index >= 15 is 0 Å². The summed E-state index contributed by atoms with van der Waals surface area (Å²) in [5.41, 5.74) is 0. The minimum Gasteiger partial charge on any atom is -0.467 e. The Morgan fingerprint density at radius 3 is 3.07 bits per heavy atom. The fraction of sp³-hybridized carbons (Fsp3) is 0.600. The molecule has 0 atom stereocenters. The zero-order valence-electron chi connectivity index (χ0n) is 8.56. The van der Waals surface area contributed by atoms with Crippen LogP contribution in [0, 0.1) is 0 Å². The number of carbonyl (C=O) groups is 1. The van der Waals surface area contributed by atoms with Gasteiger partial charge in [-0.05, 0) is 26.2 Å². The van der Waals surface area contributed by atoms with Crippen LogP contribution in [-0.2, 0) is 4.74 Å². The second-order valence-corrected chi connectivity index (χ2v) is 4.37. The number of nitrogens with zero attached hydrogens (tertiary/aromatic N) is 1. The van der Waals surface area contributed by atoms with Crippen LogP contribution in [0.1, 0.15) is 35.9 Å². The molecule has 4 nitrogen and oxygen atoms in total. The van der Waals surface area contributed by atoms with Gasteiger partial charge in [0.15, 0.2) is 0 Å². The van der Waals surface area contributed by atoms with Crippen molar-refractivity contribution in [3.05, 3.63) is 11.1 Å². The fourth-order valence-corrected chi connectivity index (χ4v) is 1.97. The average Bonchev–Trinajstić information content (AvgIpc) is 2.60. The van der Waals surface area contributed by atoms with E-state index in [1.165, 1.54) is 24.0 Å². The number of esters is 1. The molecule has 1 heterocycles. The van der Waals surface area contributed by atoms with Crippen molar-refractivity contribution in [2.75, 3.05) is 6.61 Å². The van der Waals surface area contributed by atoms with Crippen LogP contribution in [0.2, 0.25) is 0 Å². The summed E-state index contributed by atoms with van der Waals surface area (Å²) < 4.78 is 10.4. The second-order valence-electron chi connectivity index (χ2n) is 3.38. The van der Waals surface area contributed by atoms with E-state index in [9.17, 15) is 4.79 Å². The minimum atomic E-state index is -0.321. The Labute approximate surface area is 92.2 Å². The first kappa shape index (κ1) is 10.4. The Kier molecular flexibility index (Phi) is 3.20. The predicted octanol–water partition coefficient (Wildman–Crippen LogP) is 2.25. The van der Waals surface area contributed by atoms with Crippen molar-refractivity contribution >= 4 is 17.3 Å². The van der Waals surface area contributed by atoms with E-state index in [4.69, 9.17) is 9.47 Å².